The van der Waals surface area contributed by atoms with Gasteiger partial charge in [-0.05, 0) is 55.2 Å². The summed E-state index contributed by atoms with van der Waals surface area (Å²) in [7, 11) is 0. The maximum atomic E-state index is 3.88. The highest BCUT2D eigenvalue weighted by Crippen LogP contribution is 2.35. The fourth-order valence-electron chi connectivity index (χ4n) is 3.88. The van der Waals surface area contributed by atoms with Crippen LogP contribution in [0.5, 0.6) is 0 Å². The molecule has 0 fully saturated rings. The minimum absolute atomic E-state index is 0.0224. The van der Waals surface area contributed by atoms with Gasteiger partial charge in [-0.1, -0.05) is 76.2 Å². The molecule has 0 unspecified atom stereocenters. The molecule has 0 atom stereocenters. The lowest BCUT2D eigenvalue weighted by atomic mass is 9.75. The monoisotopic (exact) mass is 323 g/mol. The zero-order chi connectivity index (χ0) is 17.8. The summed E-state index contributed by atoms with van der Waals surface area (Å²) in [5.41, 5.74) is 5.73. The van der Waals surface area contributed by atoms with E-state index in [0.29, 0.717) is 0 Å². The Bertz CT molecular complexity index is 631. The van der Waals surface area contributed by atoms with Gasteiger partial charge < -0.3 is 5.32 Å². The summed E-state index contributed by atoms with van der Waals surface area (Å²) >= 11 is 0. The highest BCUT2D eigenvalue weighted by Gasteiger charge is 2.30. The molecule has 0 heterocycles. The Kier molecular flexibility index (Phi) is 5.74. The van der Waals surface area contributed by atoms with E-state index in [0.717, 1.165) is 19.3 Å². The third kappa shape index (κ3) is 4.41. The van der Waals surface area contributed by atoms with Crippen molar-refractivity contribution in [1.82, 2.24) is 0 Å². The molecule has 0 aliphatic carbocycles. The number of rotatable bonds is 7. The topological polar surface area (TPSA) is 12.0 Å². The van der Waals surface area contributed by atoms with E-state index in [1.807, 2.05) is 0 Å². The third-order valence-electron chi connectivity index (χ3n) is 4.90. The zero-order valence-electron chi connectivity index (χ0n) is 16.2. The second kappa shape index (κ2) is 7.42. The van der Waals surface area contributed by atoms with Crippen molar-refractivity contribution in [2.24, 2.45) is 0 Å². The van der Waals surface area contributed by atoms with Crippen LogP contribution in [0, 0.1) is 0 Å². The molecular weight excluding hydrogens is 290 g/mol. The summed E-state index contributed by atoms with van der Waals surface area (Å²) in [6.07, 6.45) is 3.20. The molecule has 0 spiro atoms. The van der Waals surface area contributed by atoms with Gasteiger partial charge in [0.2, 0.25) is 0 Å². The lowest BCUT2D eigenvalue weighted by Gasteiger charge is -2.38. The van der Waals surface area contributed by atoms with Gasteiger partial charge in [-0.15, -0.1) is 0 Å². The van der Waals surface area contributed by atoms with E-state index >= 15 is 0 Å². The van der Waals surface area contributed by atoms with Gasteiger partial charge in [-0.3, -0.25) is 0 Å². The molecular formula is C23H33N. The van der Waals surface area contributed by atoms with Crippen LogP contribution in [0.25, 0.3) is 0 Å². The van der Waals surface area contributed by atoms with Crippen LogP contribution >= 0.6 is 0 Å². The fraction of sp³-hybridized carbons (Fsp3) is 0.478. The number of aryl methyl sites for hydroxylation is 2. The molecule has 0 bridgehead atoms. The van der Waals surface area contributed by atoms with Gasteiger partial charge in [-0.2, -0.15) is 0 Å². The maximum Gasteiger partial charge on any atom is 0.0409 e. The number of anilines is 1. The molecule has 0 aromatic heterocycles. The molecule has 2 aromatic rings. The molecule has 0 radical (unpaired) electrons. The first-order chi connectivity index (χ1) is 11.3. The van der Waals surface area contributed by atoms with Crippen LogP contribution in [0.15, 0.2) is 48.5 Å². The van der Waals surface area contributed by atoms with Gasteiger partial charge in [0.25, 0.3) is 0 Å². The molecule has 2 aromatic carbocycles. The summed E-state index contributed by atoms with van der Waals surface area (Å²) in [5, 5.41) is 3.88. The SMILES string of the molecule is CCc1cccc(CC)c1NC(C)(C)CC(C)(C)c1ccccc1. The van der Waals surface area contributed by atoms with Crippen molar-refractivity contribution in [3.8, 4) is 0 Å². The molecule has 1 N–H and O–H groups in total. The summed E-state index contributed by atoms with van der Waals surface area (Å²) in [4.78, 5) is 0. The van der Waals surface area contributed by atoms with Gasteiger partial charge in [0.05, 0.1) is 0 Å². The van der Waals surface area contributed by atoms with Crippen molar-refractivity contribution in [2.45, 2.75) is 71.8 Å². The van der Waals surface area contributed by atoms with Gasteiger partial charge in [0.1, 0.15) is 0 Å². The van der Waals surface area contributed by atoms with Crippen LogP contribution in [0.2, 0.25) is 0 Å². The first-order valence-corrected chi connectivity index (χ1v) is 9.23. The van der Waals surface area contributed by atoms with Crippen molar-refractivity contribution in [3.63, 3.8) is 0 Å². The quantitative estimate of drug-likeness (QED) is 0.624. The second-order valence-electron chi connectivity index (χ2n) is 8.09. The smallest absolute Gasteiger partial charge is 0.0409 e. The summed E-state index contributed by atoms with van der Waals surface area (Å²) in [6.45, 7) is 13.8. The van der Waals surface area contributed by atoms with Gasteiger partial charge in [-0.25, -0.2) is 0 Å². The summed E-state index contributed by atoms with van der Waals surface area (Å²) < 4.78 is 0. The van der Waals surface area contributed by atoms with Crippen molar-refractivity contribution >= 4 is 5.69 Å². The normalized spacial score (nSPS) is 12.2. The predicted molar refractivity (Wildman–Crippen MR) is 107 cm³/mol. The molecule has 1 nitrogen and oxygen atoms in total. The van der Waals surface area contributed by atoms with Crippen molar-refractivity contribution in [2.75, 3.05) is 5.32 Å². The molecule has 2 rings (SSSR count). The number of nitrogens with one attached hydrogen (secondary N) is 1. The van der Waals surface area contributed by atoms with Gasteiger partial charge in [0, 0.05) is 11.2 Å². The third-order valence-corrected chi connectivity index (χ3v) is 4.90. The molecule has 0 amide bonds. The van der Waals surface area contributed by atoms with Gasteiger partial charge in [0.15, 0.2) is 0 Å². The Labute approximate surface area is 148 Å². The molecule has 0 saturated carbocycles. The van der Waals surface area contributed by atoms with Crippen molar-refractivity contribution < 1.29 is 0 Å². The van der Waals surface area contributed by atoms with E-state index in [9.17, 15) is 0 Å². The standard InChI is InChI=1S/C23H33N/c1-7-18-13-12-14-19(8-2)21(18)24-23(5,6)17-22(3,4)20-15-10-9-11-16-20/h9-16,24H,7-8,17H2,1-6H3. The lowest BCUT2D eigenvalue weighted by Crippen LogP contribution is -2.38. The first kappa shape index (κ1) is 18.6. The molecule has 130 valence electrons. The Morgan fingerprint density at radius 2 is 1.29 bits per heavy atom. The molecule has 0 aliphatic heterocycles. The molecule has 0 saturated heterocycles. The number of benzene rings is 2. The average Bonchev–Trinajstić information content (AvgIpc) is 2.54. The Balaban J connectivity index is 2.26. The first-order valence-electron chi connectivity index (χ1n) is 9.23. The Hall–Kier alpha value is -1.76. The van der Waals surface area contributed by atoms with Gasteiger partial charge >= 0.3 is 0 Å². The van der Waals surface area contributed by atoms with Crippen LogP contribution in [0.3, 0.4) is 0 Å². The van der Waals surface area contributed by atoms with Crippen LogP contribution in [-0.4, -0.2) is 5.54 Å². The molecule has 24 heavy (non-hydrogen) atoms. The number of hydrogen-bond donors (Lipinski definition) is 1. The highest BCUT2D eigenvalue weighted by molar-refractivity contribution is 5.59. The van der Waals surface area contributed by atoms with E-state index in [-0.39, 0.29) is 11.0 Å². The molecule has 1 heteroatoms. The van der Waals surface area contributed by atoms with E-state index in [1.165, 1.54) is 22.4 Å². The maximum absolute atomic E-state index is 3.88. The lowest BCUT2D eigenvalue weighted by molar-refractivity contribution is 0.372. The van der Waals surface area contributed by atoms with E-state index < -0.39 is 0 Å². The van der Waals surface area contributed by atoms with E-state index in [4.69, 9.17) is 0 Å². The number of hydrogen-bond acceptors (Lipinski definition) is 1. The average molecular weight is 324 g/mol. The van der Waals surface area contributed by atoms with E-state index in [1.54, 1.807) is 0 Å². The largest absolute Gasteiger partial charge is 0.380 e. The van der Waals surface area contributed by atoms with Crippen LogP contribution < -0.4 is 5.32 Å². The second-order valence-corrected chi connectivity index (χ2v) is 8.09. The van der Waals surface area contributed by atoms with E-state index in [2.05, 4.69) is 95.4 Å². The zero-order valence-corrected chi connectivity index (χ0v) is 16.2. The summed E-state index contributed by atoms with van der Waals surface area (Å²) in [5.74, 6) is 0. The minimum atomic E-state index is 0.0224. The van der Waals surface area contributed by atoms with Crippen LogP contribution in [0.1, 0.15) is 64.7 Å². The number of para-hydroxylation sites is 1. The van der Waals surface area contributed by atoms with Crippen molar-refractivity contribution in [1.29, 1.82) is 0 Å². The van der Waals surface area contributed by atoms with Crippen molar-refractivity contribution in [3.05, 3.63) is 65.2 Å². The fourth-order valence-corrected chi connectivity index (χ4v) is 3.88. The van der Waals surface area contributed by atoms with Crippen LogP contribution in [0.4, 0.5) is 5.69 Å². The molecule has 0 aliphatic rings. The summed E-state index contributed by atoms with van der Waals surface area (Å²) in [6, 6.07) is 17.5. The minimum Gasteiger partial charge on any atom is -0.380 e. The Morgan fingerprint density at radius 3 is 1.79 bits per heavy atom. The predicted octanol–water partition coefficient (Wildman–Crippen LogP) is 6.37. The highest BCUT2D eigenvalue weighted by atomic mass is 15.0. The Morgan fingerprint density at radius 1 is 0.750 bits per heavy atom. The van der Waals surface area contributed by atoms with Crippen LogP contribution in [-0.2, 0) is 18.3 Å².